The fourth-order valence-electron chi connectivity index (χ4n) is 4.74. The molecule has 6 heteroatoms. The molecule has 5 rings (SSSR count). The second kappa shape index (κ2) is 6.95. The first-order valence-electron chi connectivity index (χ1n) is 9.25. The first-order valence-corrected chi connectivity index (χ1v) is 9.63. The number of carboxylic acid groups (broad SMARTS) is 1. The van der Waals surface area contributed by atoms with Crippen LogP contribution in [-0.4, -0.2) is 48.1 Å². The number of anilines is 1. The van der Waals surface area contributed by atoms with E-state index in [1.807, 2.05) is 35.2 Å². The molecular weight excluding hydrogens is 352 g/mol. The molecule has 138 valence electrons. The van der Waals surface area contributed by atoms with Crippen molar-refractivity contribution in [1.82, 2.24) is 4.90 Å². The maximum absolute atomic E-state index is 13.1. The number of nitrogens with zero attached hydrogens (tertiary/aromatic N) is 2. The Balaban J connectivity index is 1.45. The van der Waals surface area contributed by atoms with Crippen LogP contribution in [0.15, 0.2) is 36.4 Å². The standard InChI is InChI=1S/C20H23ClN2O3/c21-15-2-1-3-16(12-15)22-8-10-23(11-9-22)19(24)17-13-4-6-14(7-5-13)18(17)20(25)26/h1-4,6,12-14,17-18H,5,7-11H2,(H,25,26)/t13-,14-,17-,18+/m0/s1. The van der Waals surface area contributed by atoms with E-state index >= 15 is 0 Å². The third-order valence-corrected chi connectivity index (χ3v) is 6.32. The van der Waals surface area contributed by atoms with Crippen molar-refractivity contribution in [2.24, 2.45) is 23.7 Å². The molecule has 0 aromatic heterocycles. The number of benzene rings is 1. The van der Waals surface area contributed by atoms with Crippen LogP contribution in [0.4, 0.5) is 5.69 Å². The molecule has 1 aromatic carbocycles. The van der Waals surface area contributed by atoms with E-state index in [0.29, 0.717) is 18.1 Å². The number of hydrogen-bond donors (Lipinski definition) is 1. The van der Waals surface area contributed by atoms with Crippen molar-refractivity contribution in [3.63, 3.8) is 0 Å². The number of piperazine rings is 1. The second-order valence-corrected chi connectivity index (χ2v) is 7.91. The summed E-state index contributed by atoms with van der Waals surface area (Å²) in [6.07, 6.45) is 5.88. The zero-order chi connectivity index (χ0) is 18.3. The van der Waals surface area contributed by atoms with Gasteiger partial charge in [-0.15, -0.1) is 0 Å². The predicted octanol–water partition coefficient (Wildman–Crippen LogP) is 2.90. The van der Waals surface area contributed by atoms with Crippen LogP contribution in [0.3, 0.4) is 0 Å². The Labute approximate surface area is 158 Å². The van der Waals surface area contributed by atoms with Crippen molar-refractivity contribution < 1.29 is 14.7 Å². The van der Waals surface area contributed by atoms with Crippen molar-refractivity contribution in [2.75, 3.05) is 31.1 Å². The van der Waals surface area contributed by atoms with E-state index in [-0.39, 0.29) is 17.7 Å². The van der Waals surface area contributed by atoms with E-state index < -0.39 is 17.8 Å². The lowest BCUT2D eigenvalue weighted by atomic mass is 9.62. The number of amides is 1. The summed E-state index contributed by atoms with van der Waals surface area (Å²) in [6, 6.07) is 7.74. The van der Waals surface area contributed by atoms with Gasteiger partial charge in [-0.3, -0.25) is 9.59 Å². The number of aliphatic carboxylic acids is 1. The zero-order valence-electron chi connectivity index (χ0n) is 14.6. The van der Waals surface area contributed by atoms with Crippen molar-refractivity contribution >= 4 is 29.2 Å². The average Bonchev–Trinajstić information content (AvgIpc) is 2.67. The summed E-state index contributed by atoms with van der Waals surface area (Å²) >= 11 is 6.07. The predicted molar refractivity (Wildman–Crippen MR) is 100 cm³/mol. The Kier molecular flexibility index (Phi) is 4.65. The summed E-state index contributed by atoms with van der Waals surface area (Å²) in [7, 11) is 0. The molecular formula is C20H23ClN2O3. The molecule has 1 saturated carbocycles. The number of allylic oxidation sites excluding steroid dienone is 2. The van der Waals surface area contributed by atoms with Crippen LogP contribution < -0.4 is 4.90 Å². The van der Waals surface area contributed by atoms with Crippen molar-refractivity contribution in [3.8, 4) is 0 Å². The normalized spacial score (nSPS) is 30.5. The van der Waals surface area contributed by atoms with Crippen LogP contribution >= 0.6 is 11.6 Å². The third-order valence-electron chi connectivity index (χ3n) is 6.08. The Bertz CT molecular complexity index is 742. The van der Waals surface area contributed by atoms with Crippen LogP contribution in [0.1, 0.15) is 12.8 Å². The van der Waals surface area contributed by atoms with E-state index in [2.05, 4.69) is 11.0 Å². The third kappa shape index (κ3) is 3.09. The van der Waals surface area contributed by atoms with Crippen LogP contribution in [0.2, 0.25) is 5.02 Å². The lowest BCUT2D eigenvalue weighted by Gasteiger charge is -2.45. The summed E-state index contributed by atoms with van der Waals surface area (Å²) in [5.41, 5.74) is 1.06. The lowest BCUT2D eigenvalue weighted by molar-refractivity contribution is -0.156. The van der Waals surface area contributed by atoms with Gasteiger partial charge in [0.05, 0.1) is 11.8 Å². The topological polar surface area (TPSA) is 60.9 Å². The fraction of sp³-hybridized carbons (Fsp3) is 0.500. The first-order chi connectivity index (χ1) is 12.5. The minimum absolute atomic E-state index is 0.000741. The first kappa shape index (κ1) is 17.4. The van der Waals surface area contributed by atoms with Gasteiger partial charge in [-0.05, 0) is 42.9 Å². The quantitative estimate of drug-likeness (QED) is 0.826. The molecule has 3 aliphatic carbocycles. The molecule has 1 aromatic rings. The maximum atomic E-state index is 13.1. The molecule has 0 radical (unpaired) electrons. The van der Waals surface area contributed by atoms with E-state index in [9.17, 15) is 14.7 Å². The van der Waals surface area contributed by atoms with Gasteiger partial charge in [0.15, 0.2) is 0 Å². The minimum Gasteiger partial charge on any atom is -0.481 e. The van der Waals surface area contributed by atoms with Gasteiger partial charge in [0.1, 0.15) is 0 Å². The lowest BCUT2D eigenvalue weighted by Crippen LogP contribution is -2.55. The largest absolute Gasteiger partial charge is 0.481 e. The number of halogens is 1. The Morgan fingerprint density at radius 2 is 1.65 bits per heavy atom. The smallest absolute Gasteiger partial charge is 0.307 e. The Morgan fingerprint density at radius 1 is 1.00 bits per heavy atom. The van der Waals surface area contributed by atoms with E-state index in [1.54, 1.807) is 0 Å². The molecule has 0 spiro atoms. The van der Waals surface area contributed by atoms with Gasteiger partial charge in [-0.1, -0.05) is 29.8 Å². The van der Waals surface area contributed by atoms with E-state index in [4.69, 9.17) is 11.6 Å². The van der Waals surface area contributed by atoms with Gasteiger partial charge in [0.2, 0.25) is 5.91 Å². The van der Waals surface area contributed by atoms with E-state index in [1.165, 1.54) is 0 Å². The van der Waals surface area contributed by atoms with Gasteiger partial charge in [-0.25, -0.2) is 0 Å². The molecule has 2 fully saturated rings. The molecule has 5 nitrogen and oxygen atoms in total. The highest BCUT2D eigenvalue weighted by Gasteiger charge is 2.49. The molecule has 4 atom stereocenters. The highest BCUT2D eigenvalue weighted by atomic mass is 35.5. The molecule has 2 bridgehead atoms. The summed E-state index contributed by atoms with van der Waals surface area (Å²) < 4.78 is 0. The van der Waals surface area contributed by atoms with Gasteiger partial charge >= 0.3 is 5.97 Å². The highest BCUT2D eigenvalue weighted by Crippen LogP contribution is 2.45. The number of carboxylic acids is 1. The summed E-state index contributed by atoms with van der Waals surface area (Å²) in [6.45, 7) is 2.71. The molecule has 4 aliphatic rings. The van der Waals surface area contributed by atoms with Crippen molar-refractivity contribution in [1.29, 1.82) is 0 Å². The molecule has 1 N–H and O–H groups in total. The minimum atomic E-state index is -0.833. The zero-order valence-corrected chi connectivity index (χ0v) is 15.3. The number of hydrogen-bond acceptors (Lipinski definition) is 3. The number of carbonyl (C=O) groups excluding carboxylic acids is 1. The maximum Gasteiger partial charge on any atom is 0.307 e. The van der Waals surface area contributed by atoms with Crippen LogP contribution in [0.25, 0.3) is 0 Å². The molecule has 1 heterocycles. The highest BCUT2D eigenvalue weighted by molar-refractivity contribution is 6.30. The Hall–Kier alpha value is -2.01. The number of fused-ring (bicyclic) bond motifs is 2. The van der Waals surface area contributed by atoms with Gasteiger partial charge < -0.3 is 14.9 Å². The summed E-state index contributed by atoms with van der Waals surface area (Å²) in [5, 5.41) is 10.4. The molecule has 26 heavy (non-hydrogen) atoms. The van der Waals surface area contributed by atoms with Crippen molar-refractivity contribution in [2.45, 2.75) is 12.8 Å². The van der Waals surface area contributed by atoms with Gasteiger partial charge in [0, 0.05) is 36.9 Å². The number of rotatable bonds is 3. The van der Waals surface area contributed by atoms with Crippen LogP contribution in [0, 0.1) is 23.7 Å². The molecule has 1 saturated heterocycles. The summed E-state index contributed by atoms with van der Waals surface area (Å²) in [5.74, 6) is -1.73. The van der Waals surface area contributed by atoms with Crippen molar-refractivity contribution in [3.05, 3.63) is 41.4 Å². The SMILES string of the molecule is O=C(O)[C@H]1[C@@H](C(=O)N2CCN(c3cccc(Cl)c3)CC2)[C@H]2C=C[C@H]1CC2. The monoisotopic (exact) mass is 374 g/mol. The van der Waals surface area contributed by atoms with Crippen LogP contribution in [0.5, 0.6) is 0 Å². The molecule has 0 unspecified atom stereocenters. The molecule has 1 amide bonds. The second-order valence-electron chi connectivity index (χ2n) is 7.47. The molecule has 1 aliphatic heterocycles. The van der Waals surface area contributed by atoms with Gasteiger partial charge in [-0.2, -0.15) is 0 Å². The van der Waals surface area contributed by atoms with Gasteiger partial charge in [0.25, 0.3) is 0 Å². The Morgan fingerprint density at radius 3 is 2.23 bits per heavy atom. The van der Waals surface area contributed by atoms with Crippen LogP contribution in [-0.2, 0) is 9.59 Å². The fourth-order valence-corrected chi connectivity index (χ4v) is 4.92. The average molecular weight is 375 g/mol. The van der Waals surface area contributed by atoms with E-state index in [0.717, 1.165) is 31.6 Å². The number of carbonyl (C=O) groups is 2. The summed E-state index contributed by atoms with van der Waals surface area (Å²) in [4.78, 5) is 29.0.